The van der Waals surface area contributed by atoms with Crippen LogP contribution >= 0.6 is 27.5 Å². The number of thiol groups is 1. The van der Waals surface area contributed by atoms with Gasteiger partial charge in [-0.3, -0.25) is 4.79 Å². The molecule has 0 saturated carbocycles. The normalized spacial score (nSPS) is 12.3. The molecule has 11 heteroatoms. The molecule has 0 aliphatic heterocycles. The van der Waals surface area contributed by atoms with Gasteiger partial charge in [0.05, 0.1) is 10.4 Å². The van der Waals surface area contributed by atoms with Crippen molar-refractivity contribution in [2.45, 2.75) is 18.2 Å². The van der Waals surface area contributed by atoms with Gasteiger partial charge in [0.1, 0.15) is 5.82 Å². The Labute approximate surface area is 163 Å². The van der Waals surface area contributed by atoms with Gasteiger partial charge >= 0.3 is 5.97 Å². The topological polar surface area (TPSA) is 106 Å². The summed E-state index contributed by atoms with van der Waals surface area (Å²) in [5.74, 6) is -2.51. The molecule has 1 atom stereocenters. The number of benzene rings is 1. The van der Waals surface area contributed by atoms with Gasteiger partial charge in [0.2, 0.25) is 22.4 Å². The maximum atomic E-state index is 14.1. The summed E-state index contributed by atoms with van der Waals surface area (Å²) in [7, 11) is -2.77. The molecule has 2 N–H and O–H groups in total. The summed E-state index contributed by atoms with van der Waals surface area (Å²) in [5, 5.41) is 10.6. The Bertz CT molecular complexity index is 893. The van der Waals surface area contributed by atoms with Gasteiger partial charge in [-0.15, -0.1) is 0 Å². The standard InChI is InChI=1S/C15H14BrClFNO6S/c1-7(20)24-15-12(21)13(9-6-8(17)2-3-11(9)18)25-14(15)10(16)4-5-19-26(22)23/h2-3,6,10,21,26H,4-5H2,1H3,(H,19,22,23). The van der Waals surface area contributed by atoms with Gasteiger partial charge < -0.3 is 14.3 Å². The number of alkyl halides is 1. The van der Waals surface area contributed by atoms with E-state index in [4.69, 9.17) is 20.8 Å². The number of ether oxygens (including phenoxy) is 1. The molecule has 142 valence electrons. The number of rotatable bonds is 7. The Kier molecular flexibility index (Phi) is 7.04. The van der Waals surface area contributed by atoms with E-state index in [1.807, 2.05) is 0 Å². The summed E-state index contributed by atoms with van der Waals surface area (Å²) in [6, 6.07) is 3.69. The van der Waals surface area contributed by atoms with Crippen LogP contribution in [0.5, 0.6) is 11.5 Å². The van der Waals surface area contributed by atoms with Crippen LogP contribution < -0.4 is 9.46 Å². The van der Waals surface area contributed by atoms with E-state index in [1.165, 1.54) is 12.1 Å². The summed E-state index contributed by atoms with van der Waals surface area (Å²) >= 11 is 9.14. The lowest BCUT2D eigenvalue weighted by Crippen LogP contribution is -2.14. The number of esters is 1. The highest BCUT2D eigenvalue weighted by atomic mass is 79.9. The van der Waals surface area contributed by atoms with Crippen LogP contribution in [0.2, 0.25) is 5.02 Å². The largest absolute Gasteiger partial charge is 0.502 e. The first-order chi connectivity index (χ1) is 12.2. The molecule has 1 unspecified atom stereocenters. The van der Waals surface area contributed by atoms with Crippen LogP contribution in [0, 0.1) is 5.82 Å². The monoisotopic (exact) mass is 469 g/mol. The minimum absolute atomic E-state index is 0.00926. The fraction of sp³-hybridized carbons (Fsp3) is 0.267. The summed E-state index contributed by atoms with van der Waals surface area (Å²) in [6.45, 7) is 1.19. The van der Waals surface area contributed by atoms with Gasteiger partial charge in [0, 0.05) is 18.5 Å². The van der Waals surface area contributed by atoms with Crippen molar-refractivity contribution in [3.05, 3.63) is 34.8 Å². The molecule has 2 aromatic rings. The molecular weight excluding hydrogens is 457 g/mol. The van der Waals surface area contributed by atoms with Crippen molar-refractivity contribution < 1.29 is 31.9 Å². The third kappa shape index (κ3) is 4.97. The number of hydrogen-bond acceptors (Lipinski definition) is 6. The summed E-state index contributed by atoms with van der Waals surface area (Å²) in [4.78, 5) is 10.7. The molecular formula is C15H14BrClFNO6S. The van der Waals surface area contributed by atoms with Crippen molar-refractivity contribution in [3.63, 3.8) is 0 Å². The van der Waals surface area contributed by atoms with E-state index in [1.54, 1.807) is 0 Å². The zero-order chi connectivity index (χ0) is 19.4. The first-order valence-corrected chi connectivity index (χ1v) is 9.69. The van der Waals surface area contributed by atoms with Crippen LogP contribution in [0.15, 0.2) is 22.6 Å². The first kappa shape index (κ1) is 20.7. The summed E-state index contributed by atoms with van der Waals surface area (Å²) in [5.41, 5.74) is -0.116. The van der Waals surface area contributed by atoms with Crippen molar-refractivity contribution in [1.29, 1.82) is 0 Å². The molecule has 0 aliphatic carbocycles. The van der Waals surface area contributed by atoms with Crippen molar-refractivity contribution >= 4 is 44.4 Å². The molecule has 0 saturated heterocycles. The Morgan fingerprint density at radius 3 is 2.81 bits per heavy atom. The second-order valence-corrected chi connectivity index (χ2v) is 7.48. The molecule has 26 heavy (non-hydrogen) atoms. The molecule has 1 heterocycles. The first-order valence-electron chi connectivity index (χ1n) is 7.22. The number of furan rings is 1. The fourth-order valence-electron chi connectivity index (χ4n) is 2.14. The van der Waals surface area contributed by atoms with Crippen LogP contribution in [-0.4, -0.2) is 26.0 Å². The van der Waals surface area contributed by atoms with Gasteiger partial charge in [0.25, 0.3) is 0 Å². The molecule has 0 radical (unpaired) electrons. The number of hydrogen-bond donors (Lipinski definition) is 3. The zero-order valence-electron chi connectivity index (χ0n) is 13.3. The number of aromatic hydroxyl groups is 1. The maximum absolute atomic E-state index is 14.1. The van der Waals surface area contributed by atoms with E-state index in [-0.39, 0.29) is 40.8 Å². The highest BCUT2D eigenvalue weighted by molar-refractivity contribution is 9.09. The van der Waals surface area contributed by atoms with E-state index in [0.29, 0.717) is 0 Å². The fourth-order valence-corrected chi connectivity index (χ4v) is 3.15. The van der Waals surface area contributed by atoms with E-state index in [0.717, 1.165) is 13.0 Å². The smallest absolute Gasteiger partial charge is 0.308 e. The lowest BCUT2D eigenvalue weighted by Gasteiger charge is -2.08. The molecule has 0 bridgehead atoms. The molecule has 1 aromatic heterocycles. The number of carbonyl (C=O) groups is 1. The van der Waals surface area contributed by atoms with E-state index in [9.17, 15) is 22.7 Å². The predicted octanol–water partition coefficient (Wildman–Crippen LogP) is 3.31. The van der Waals surface area contributed by atoms with Crippen molar-refractivity contribution in [1.82, 2.24) is 4.72 Å². The Morgan fingerprint density at radius 1 is 1.50 bits per heavy atom. The van der Waals surface area contributed by atoms with Gasteiger partial charge in [0.15, 0.2) is 11.5 Å². The van der Waals surface area contributed by atoms with Gasteiger partial charge in [-0.1, -0.05) is 27.5 Å². The molecule has 2 rings (SSSR count). The number of halogens is 3. The maximum Gasteiger partial charge on any atom is 0.308 e. The van der Waals surface area contributed by atoms with Gasteiger partial charge in [-0.25, -0.2) is 17.5 Å². The molecule has 0 spiro atoms. The Morgan fingerprint density at radius 2 is 2.19 bits per heavy atom. The molecule has 1 aromatic carbocycles. The average Bonchev–Trinajstić information content (AvgIpc) is 2.86. The third-order valence-corrected chi connectivity index (χ3v) is 4.80. The van der Waals surface area contributed by atoms with Crippen LogP contribution in [0.1, 0.15) is 23.9 Å². The summed E-state index contributed by atoms with van der Waals surface area (Å²) in [6.07, 6.45) is 0.210. The van der Waals surface area contributed by atoms with E-state index >= 15 is 0 Å². The Hall–Kier alpha value is -1.62. The molecule has 0 amide bonds. The van der Waals surface area contributed by atoms with Crippen LogP contribution in [0.25, 0.3) is 11.3 Å². The quantitative estimate of drug-likeness (QED) is 0.326. The third-order valence-electron chi connectivity index (χ3n) is 3.21. The highest BCUT2D eigenvalue weighted by Crippen LogP contribution is 2.48. The average molecular weight is 471 g/mol. The van der Waals surface area contributed by atoms with Crippen LogP contribution in [-0.2, 0) is 15.7 Å². The Balaban J connectivity index is 2.46. The van der Waals surface area contributed by atoms with Gasteiger partial charge in [-0.2, -0.15) is 0 Å². The lowest BCUT2D eigenvalue weighted by molar-refractivity contribution is -0.132. The second kappa shape index (κ2) is 8.85. The summed E-state index contributed by atoms with van der Waals surface area (Å²) < 4.78 is 48.0. The molecule has 0 aliphatic rings. The molecule has 0 fully saturated rings. The number of carbonyl (C=O) groups excluding carboxylic acids is 1. The second-order valence-electron chi connectivity index (χ2n) is 5.11. The minimum Gasteiger partial charge on any atom is -0.502 e. The van der Waals surface area contributed by atoms with Crippen LogP contribution in [0.4, 0.5) is 4.39 Å². The van der Waals surface area contributed by atoms with E-state index in [2.05, 4.69) is 20.7 Å². The van der Waals surface area contributed by atoms with Crippen molar-refractivity contribution in [2.75, 3.05) is 6.54 Å². The zero-order valence-corrected chi connectivity index (χ0v) is 16.5. The van der Waals surface area contributed by atoms with Crippen molar-refractivity contribution in [3.8, 4) is 22.8 Å². The van der Waals surface area contributed by atoms with E-state index < -0.39 is 33.3 Å². The van der Waals surface area contributed by atoms with Crippen LogP contribution in [0.3, 0.4) is 0 Å². The molecule has 7 nitrogen and oxygen atoms in total. The lowest BCUT2D eigenvalue weighted by atomic mass is 10.1. The van der Waals surface area contributed by atoms with Crippen molar-refractivity contribution in [2.24, 2.45) is 0 Å². The van der Waals surface area contributed by atoms with Gasteiger partial charge in [-0.05, 0) is 24.6 Å². The number of nitrogens with one attached hydrogen (secondary N) is 1. The highest BCUT2D eigenvalue weighted by Gasteiger charge is 2.29. The predicted molar refractivity (Wildman–Crippen MR) is 96.7 cm³/mol. The SMILES string of the molecule is CC(=O)Oc1c(C(Br)CCN[SH](=O)=O)oc(-c2cc(Cl)ccc2F)c1O. The minimum atomic E-state index is -2.77.